The van der Waals surface area contributed by atoms with E-state index in [0.29, 0.717) is 11.4 Å². The average molecular weight is 423 g/mol. The molecule has 1 heterocycles. The van der Waals surface area contributed by atoms with Gasteiger partial charge in [-0.1, -0.05) is 17.7 Å². The van der Waals surface area contributed by atoms with Gasteiger partial charge in [-0.15, -0.1) is 0 Å². The Hall–Kier alpha value is -2.58. The third-order valence-electron chi connectivity index (χ3n) is 5.57. The zero-order valence-electron chi connectivity index (χ0n) is 16.5. The summed E-state index contributed by atoms with van der Waals surface area (Å²) >= 11 is 5.96. The molecule has 2 unspecified atom stereocenters. The van der Waals surface area contributed by atoms with Crippen molar-refractivity contribution in [1.82, 2.24) is 10.4 Å². The van der Waals surface area contributed by atoms with Crippen molar-refractivity contribution >= 4 is 29.4 Å². The van der Waals surface area contributed by atoms with E-state index in [1.54, 1.807) is 32.0 Å². The van der Waals surface area contributed by atoms with Crippen LogP contribution in [0.3, 0.4) is 0 Å². The molecule has 3 rings (SSSR count). The van der Waals surface area contributed by atoms with Crippen LogP contribution in [0, 0.1) is 5.41 Å². The molecule has 1 saturated carbocycles. The monoisotopic (exact) mass is 422 g/mol. The fourth-order valence-electron chi connectivity index (χ4n) is 4.36. The van der Waals surface area contributed by atoms with Gasteiger partial charge in [-0.2, -0.15) is 0 Å². The fraction of sp³-hybridized carbons (Fsp3) is 0.450. The van der Waals surface area contributed by atoms with Gasteiger partial charge in [0.1, 0.15) is 0 Å². The van der Waals surface area contributed by atoms with E-state index < -0.39 is 29.0 Å². The Labute approximate surface area is 173 Å². The van der Waals surface area contributed by atoms with Crippen molar-refractivity contribution in [2.24, 2.45) is 5.41 Å². The summed E-state index contributed by atoms with van der Waals surface area (Å²) in [7, 11) is 1.20. The SMILES string of the molecule is CCOC(=O)C12CCCC1(O)N(NC(=O)c1cccc(Cl)c1)C(C)=C2C(=O)OC. The largest absolute Gasteiger partial charge is 0.466 e. The minimum absolute atomic E-state index is 0.00940. The highest BCUT2D eigenvalue weighted by molar-refractivity contribution is 6.30. The molecule has 9 heteroatoms. The number of esters is 2. The first-order valence-corrected chi connectivity index (χ1v) is 9.66. The van der Waals surface area contributed by atoms with Crippen LogP contribution in [0.5, 0.6) is 0 Å². The molecule has 1 amide bonds. The zero-order valence-corrected chi connectivity index (χ0v) is 17.2. The summed E-state index contributed by atoms with van der Waals surface area (Å²) in [6, 6.07) is 6.29. The number of nitrogens with zero attached hydrogens (tertiary/aromatic N) is 1. The highest BCUT2D eigenvalue weighted by atomic mass is 35.5. The van der Waals surface area contributed by atoms with Gasteiger partial charge in [0.15, 0.2) is 11.1 Å². The van der Waals surface area contributed by atoms with E-state index in [0.717, 1.165) is 0 Å². The van der Waals surface area contributed by atoms with Crippen LogP contribution in [0.4, 0.5) is 0 Å². The Morgan fingerprint density at radius 1 is 1.31 bits per heavy atom. The summed E-state index contributed by atoms with van der Waals surface area (Å²) in [4.78, 5) is 38.4. The lowest BCUT2D eigenvalue weighted by Crippen LogP contribution is -2.61. The molecule has 1 aliphatic heterocycles. The molecular formula is C20H23ClN2O6. The van der Waals surface area contributed by atoms with Gasteiger partial charge in [0.25, 0.3) is 5.91 Å². The van der Waals surface area contributed by atoms with E-state index in [9.17, 15) is 19.5 Å². The molecule has 2 aliphatic rings. The van der Waals surface area contributed by atoms with E-state index in [2.05, 4.69) is 5.43 Å². The van der Waals surface area contributed by atoms with E-state index in [-0.39, 0.29) is 36.3 Å². The summed E-state index contributed by atoms with van der Waals surface area (Å²) in [5.74, 6) is -2.02. The number of carbonyl (C=O) groups is 3. The molecular weight excluding hydrogens is 400 g/mol. The number of carbonyl (C=O) groups excluding carboxylic acids is 3. The second-order valence-corrected chi connectivity index (χ2v) is 7.47. The Morgan fingerprint density at radius 3 is 2.66 bits per heavy atom. The van der Waals surface area contributed by atoms with E-state index in [4.69, 9.17) is 21.1 Å². The first kappa shape index (κ1) is 21.1. The molecule has 1 aromatic rings. The lowest BCUT2D eigenvalue weighted by atomic mass is 9.75. The number of aliphatic hydroxyl groups is 1. The van der Waals surface area contributed by atoms with Gasteiger partial charge in [-0.3, -0.25) is 20.0 Å². The molecule has 0 saturated heterocycles. The molecule has 0 radical (unpaired) electrons. The average Bonchev–Trinajstić information content (AvgIpc) is 3.12. The van der Waals surface area contributed by atoms with Crippen molar-refractivity contribution in [2.45, 2.75) is 38.8 Å². The maximum absolute atomic E-state index is 13.0. The molecule has 156 valence electrons. The molecule has 1 aliphatic carbocycles. The molecule has 0 spiro atoms. The van der Waals surface area contributed by atoms with Gasteiger partial charge < -0.3 is 14.6 Å². The van der Waals surface area contributed by atoms with Crippen LogP contribution in [0.2, 0.25) is 5.02 Å². The van der Waals surface area contributed by atoms with Gasteiger partial charge in [-0.25, -0.2) is 4.79 Å². The Morgan fingerprint density at radius 2 is 2.03 bits per heavy atom. The first-order chi connectivity index (χ1) is 13.7. The van der Waals surface area contributed by atoms with Crippen molar-refractivity contribution in [3.05, 3.63) is 46.1 Å². The van der Waals surface area contributed by atoms with Crippen molar-refractivity contribution in [3.63, 3.8) is 0 Å². The lowest BCUT2D eigenvalue weighted by Gasteiger charge is -2.41. The molecule has 1 aromatic carbocycles. The van der Waals surface area contributed by atoms with Gasteiger partial charge in [0.05, 0.1) is 19.3 Å². The lowest BCUT2D eigenvalue weighted by molar-refractivity contribution is -0.187. The second-order valence-electron chi connectivity index (χ2n) is 7.03. The first-order valence-electron chi connectivity index (χ1n) is 9.29. The number of nitrogens with one attached hydrogen (secondary N) is 1. The van der Waals surface area contributed by atoms with Gasteiger partial charge >= 0.3 is 11.9 Å². The second kappa shape index (κ2) is 7.68. The highest BCUT2D eigenvalue weighted by Gasteiger charge is 2.71. The number of hydrogen-bond acceptors (Lipinski definition) is 7. The van der Waals surface area contributed by atoms with Crippen LogP contribution in [0.15, 0.2) is 35.5 Å². The van der Waals surface area contributed by atoms with Crippen LogP contribution >= 0.6 is 11.6 Å². The predicted octanol–water partition coefficient (Wildman–Crippen LogP) is 2.17. The standard InChI is InChI=1S/C20H23ClN2O6/c1-4-29-18(26)19-9-6-10-20(19,27)23(12(2)15(19)17(25)28-3)22-16(24)13-7-5-8-14(21)11-13/h5,7-8,11,27H,4,6,9-10H2,1-3H3,(H,22,24). The summed E-state index contributed by atoms with van der Waals surface area (Å²) in [5.41, 5.74) is -0.405. The minimum Gasteiger partial charge on any atom is -0.466 e. The topological polar surface area (TPSA) is 105 Å². The van der Waals surface area contributed by atoms with E-state index in [1.165, 1.54) is 18.2 Å². The number of rotatable bonds is 5. The van der Waals surface area contributed by atoms with Crippen molar-refractivity contribution in [1.29, 1.82) is 0 Å². The van der Waals surface area contributed by atoms with Crippen molar-refractivity contribution < 1.29 is 29.0 Å². The predicted molar refractivity (Wildman–Crippen MR) is 103 cm³/mol. The number of hydrogen-bond donors (Lipinski definition) is 2. The Bertz CT molecular complexity index is 901. The van der Waals surface area contributed by atoms with Crippen LogP contribution in [-0.4, -0.2) is 47.4 Å². The molecule has 29 heavy (non-hydrogen) atoms. The maximum Gasteiger partial charge on any atom is 0.336 e. The molecule has 2 N–H and O–H groups in total. The normalized spacial score (nSPS) is 25.6. The van der Waals surface area contributed by atoms with Crippen LogP contribution in [0.1, 0.15) is 43.5 Å². The number of halogens is 1. The summed E-state index contributed by atoms with van der Waals surface area (Å²) in [6.07, 6.45) is 0.791. The van der Waals surface area contributed by atoms with Crippen LogP contribution in [0.25, 0.3) is 0 Å². The molecule has 8 nitrogen and oxygen atoms in total. The quantitative estimate of drug-likeness (QED) is 0.700. The Balaban J connectivity index is 2.08. The summed E-state index contributed by atoms with van der Waals surface area (Å²) < 4.78 is 10.1. The fourth-order valence-corrected chi connectivity index (χ4v) is 4.55. The van der Waals surface area contributed by atoms with Gasteiger partial charge in [0, 0.05) is 16.3 Å². The van der Waals surface area contributed by atoms with Crippen molar-refractivity contribution in [2.75, 3.05) is 13.7 Å². The van der Waals surface area contributed by atoms with Gasteiger partial charge in [-0.05, 0) is 51.3 Å². The third kappa shape index (κ3) is 3.07. The third-order valence-corrected chi connectivity index (χ3v) is 5.80. The maximum atomic E-state index is 13.0. The van der Waals surface area contributed by atoms with E-state index in [1.807, 2.05) is 0 Å². The number of benzene rings is 1. The molecule has 1 fully saturated rings. The number of fused-ring (bicyclic) bond motifs is 1. The summed E-state index contributed by atoms with van der Waals surface area (Å²) in [5, 5.41) is 13.2. The minimum atomic E-state index is -1.86. The molecule has 0 aromatic heterocycles. The van der Waals surface area contributed by atoms with Crippen molar-refractivity contribution in [3.8, 4) is 0 Å². The number of ether oxygens (including phenoxy) is 2. The smallest absolute Gasteiger partial charge is 0.336 e. The van der Waals surface area contributed by atoms with Crippen LogP contribution in [-0.2, 0) is 19.1 Å². The van der Waals surface area contributed by atoms with Gasteiger partial charge in [0.2, 0.25) is 0 Å². The Kier molecular flexibility index (Phi) is 5.60. The number of amides is 1. The van der Waals surface area contributed by atoms with Crippen LogP contribution < -0.4 is 5.43 Å². The number of hydrazine groups is 1. The number of allylic oxidation sites excluding steroid dienone is 1. The zero-order chi connectivity index (χ0) is 21.4. The highest BCUT2D eigenvalue weighted by Crippen LogP contribution is 2.59. The molecule has 0 bridgehead atoms. The summed E-state index contributed by atoms with van der Waals surface area (Å²) in [6.45, 7) is 3.27. The number of methoxy groups -OCH3 is 1. The van der Waals surface area contributed by atoms with E-state index >= 15 is 0 Å². The molecule has 2 atom stereocenters.